The molecule has 6 nitrogen and oxygen atoms in total. The van der Waals surface area contributed by atoms with Crippen LogP contribution < -0.4 is 10.5 Å². The molecule has 1 aliphatic heterocycles. The van der Waals surface area contributed by atoms with Gasteiger partial charge in [0.05, 0.1) is 24.7 Å². The van der Waals surface area contributed by atoms with Crippen LogP contribution in [0.3, 0.4) is 0 Å². The smallest absolute Gasteiger partial charge is 0.338 e. The number of esters is 1. The SMILES string of the molecule is CCCCOc1ccc(C2C(C#N)=C(N)OC(C)=C2C(=O)OCC)cc1C. The molecular weight excluding hydrogens is 344 g/mol. The fourth-order valence-electron chi connectivity index (χ4n) is 3.03. The van der Waals surface area contributed by atoms with E-state index < -0.39 is 11.9 Å². The monoisotopic (exact) mass is 370 g/mol. The number of nitrogens with two attached hydrogens (primary N) is 1. The fraction of sp³-hybridized carbons (Fsp3) is 0.429. The van der Waals surface area contributed by atoms with Crippen LogP contribution in [0.15, 0.2) is 41.0 Å². The van der Waals surface area contributed by atoms with E-state index in [1.165, 1.54) is 0 Å². The maximum atomic E-state index is 12.5. The van der Waals surface area contributed by atoms with Gasteiger partial charge in [0.15, 0.2) is 0 Å². The van der Waals surface area contributed by atoms with E-state index >= 15 is 0 Å². The number of carbonyl (C=O) groups excluding carboxylic acids is 1. The second-order valence-corrected chi connectivity index (χ2v) is 6.34. The minimum atomic E-state index is -0.633. The molecule has 1 atom stereocenters. The average Bonchev–Trinajstić information content (AvgIpc) is 2.62. The number of aryl methyl sites for hydroxylation is 1. The lowest BCUT2D eigenvalue weighted by molar-refractivity contribution is -0.139. The lowest BCUT2D eigenvalue weighted by atomic mass is 9.82. The lowest BCUT2D eigenvalue weighted by Crippen LogP contribution is -2.25. The summed E-state index contributed by atoms with van der Waals surface area (Å²) < 4.78 is 16.4. The van der Waals surface area contributed by atoms with Gasteiger partial charge in [-0.25, -0.2) is 4.79 Å². The van der Waals surface area contributed by atoms with E-state index in [2.05, 4.69) is 13.0 Å². The summed E-state index contributed by atoms with van der Waals surface area (Å²) in [6.07, 6.45) is 2.04. The Labute approximate surface area is 160 Å². The van der Waals surface area contributed by atoms with Crippen molar-refractivity contribution in [1.29, 1.82) is 5.26 Å². The van der Waals surface area contributed by atoms with Crippen LogP contribution >= 0.6 is 0 Å². The summed E-state index contributed by atoms with van der Waals surface area (Å²) in [5.74, 6) is -0.00896. The zero-order chi connectivity index (χ0) is 20.0. The standard InChI is InChI=1S/C21H26N2O4/c1-5-7-10-26-17-9-8-15(11-13(17)3)19-16(12-22)20(23)27-14(4)18(19)21(24)25-6-2/h8-9,11,19H,5-7,10,23H2,1-4H3. The zero-order valence-electron chi connectivity index (χ0n) is 16.3. The number of nitrogens with zero attached hydrogens (tertiary/aromatic N) is 1. The molecule has 0 aromatic heterocycles. The van der Waals surface area contributed by atoms with Gasteiger partial charge < -0.3 is 19.9 Å². The molecule has 6 heteroatoms. The normalized spacial score (nSPS) is 16.6. The van der Waals surface area contributed by atoms with Crippen LogP contribution in [0.2, 0.25) is 0 Å². The van der Waals surface area contributed by atoms with Gasteiger partial charge in [0.1, 0.15) is 23.2 Å². The molecule has 144 valence electrons. The van der Waals surface area contributed by atoms with Crippen molar-refractivity contribution in [1.82, 2.24) is 0 Å². The van der Waals surface area contributed by atoms with E-state index in [4.69, 9.17) is 19.9 Å². The summed E-state index contributed by atoms with van der Waals surface area (Å²) in [6, 6.07) is 7.70. The highest BCUT2D eigenvalue weighted by Gasteiger charge is 2.36. The van der Waals surface area contributed by atoms with Gasteiger partial charge in [-0.05, 0) is 44.4 Å². The number of unbranched alkanes of at least 4 members (excludes halogenated alkanes) is 1. The van der Waals surface area contributed by atoms with Gasteiger partial charge in [0, 0.05) is 0 Å². The predicted molar refractivity (Wildman–Crippen MR) is 102 cm³/mol. The molecule has 0 bridgehead atoms. The predicted octanol–water partition coefficient (Wildman–Crippen LogP) is 3.82. The van der Waals surface area contributed by atoms with Crippen molar-refractivity contribution in [3.05, 3.63) is 52.1 Å². The Balaban J connectivity index is 2.47. The summed E-state index contributed by atoms with van der Waals surface area (Å²) in [5.41, 5.74) is 8.09. The highest BCUT2D eigenvalue weighted by Crippen LogP contribution is 2.40. The van der Waals surface area contributed by atoms with Crippen LogP contribution in [0.5, 0.6) is 5.75 Å². The molecule has 0 amide bonds. The summed E-state index contributed by atoms with van der Waals surface area (Å²) in [5, 5.41) is 9.61. The van der Waals surface area contributed by atoms with Crippen LogP contribution in [-0.2, 0) is 14.3 Å². The molecule has 1 heterocycles. The quantitative estimate of drug-likeness (QED) is 0.579. The lowest BCUT2D eigenvalue weighted by Gasteiger charge is -2.27. The van der Waals surface area contributed by atoms with Gasteiger partial charge in [0.25, 0.3) is 0 Å². The molecule has 0 saturated heterocycles. The highest BCUT2D eigenvalue weighted by molar-refractivity contribution is 5.92. The van der Waals surface area contributed by atoms with Crippen molar-refractivity contribution in [2.45, 2.75) is 46.5 Å². The Bertz CT molecular complexity index is 818. The zero-order valence-corrected chi connectivity index (χ0v) is 16.3. The molecular formula is C21H26N2O4. The summed E-state index contributed by atoms with van der Waals surface area (Å²) in [6.45, 7) is 8.30. The second kappa shape index (κ2) is 9.13. The summed E-state index contributed by atoms with van der Waals surface area (Å²) in [7, 11) is 0. The molecule has 1 aromatic rings. The van der Waals surface area contributed by atoms with Crippen molar-refractivity contribution in [2.24, 2.45) is 5.73 Å². The van der Waals surface area contributed by atoms with Crippen molar-refractivity contribution >= 4 is 5.97 Å². The molecule has 1 unspecified atom stereocenters. The number of rotatable bonds is 7. The van der Waals surface area contributed by atoms with E-state index in [1.807, 2.05) is 25.1 Å². The molecule has 0 aliphatic carbocycles. The first-order valence-electron chi connectivity index (χ1n) is 9.13. The largest absolute Gasteiger partial charge is 0.493 e. The third-order valence-corrected chi connectivity index (χ3v) is 4.39. The first-order chi connectivity index (χ1) is 12.9. The van der Waals surface area contributed by atoms with Gasteiger partial charge in [-0.1, -0.05) is 25.5 Å². The van der Waals surface area contributed by atoms with Crippen LogP contribution in [0, 0.1) is 18.3 Å². The summed E-state index contributed by atoms with van der Waals surface area (Å²) in [4.78, 5) is 12.5. The Morgan fingerprint density at radius 1 is 1.33 bits per heavy atom. The molecule has 0 radical (unpaired) electrons. The number of benzene rings is 1. The molecule has 1 aromatic carbocycles. The fourth-order valence-corrected chi connectivity index (χ4v) is 3.03. The number of allylic oxidation sites excluding steroid dienone is 2. The number of hydrogen-bond acceptors (Lipinski definition) is 6. The van der Waals surface area contributed by atoms with Crippen molar-refractivity contribution in [3.8, 4) is 11.8 Å². The van der Waals surface area contributed by atoms with E-state index in [0.717, 1.165) is 29.7 Å². The minimum Gasteiger partial charge on any atom is -0.493 e. The van der Waals surface area contributed by atoms with E-state index in [-0.39, 0.29) is 18.1 Å². The molecule has 2 N–H and O–H groups in total. The molecule has 2 rings (SSSR count). The maximum absolute atomic E-state index is 12.5. The molecule has 27 heavy (non-hydrogen) atoms. The topological polar surface area (TPSA) is 94.6 Å². The van der Waals surface area contributed by atoms with Crippen molar-refractivity contribution in [3.63, 3.8) is 0 Å². The van der Waals surface area contributed by atoms with Crippen LogP contribution in [-0.4, -0.2) is 19.2 Å². The highest BCUT2D eigenvalue weighted by atomic mass is 16.5. The molecule has 0 saturated carbocycles. The van der Waals surface area contributed by atoms with Gasteiger partial charge >= 0.3 is 5.97 Å². The molecule has 1 aliphatic rings. The number of hydrogen-bond donors (Lipinski definition) is 1. The number of carbonyl (C=O) groups is 1. The first-order valence-corrected chi connectivity index (χ1v) is 9.13. The van der Waals surface area contributed by atoms with Gasteiger partial charge in [-0.15, -0.1) is 0 Å². The first kappa shape index (κ1) is 20.4. The van der Waals surface area contributed by atoms with Gasteiger partial charge in [0.2, 0.25) is 5.88 Å². The van der Waals surface area contributed by atoms with Crippen LogP contribution in [0.25, 0.3) is 0 Å². The Kier molecular flexibility index (Phi) is 6.89. The Morgan fingerprint density at radius 2 is 2.07 bits per heavy atom. The Hall–Kier alpha value is -2.94. The van der Waals surface area contributed by atoms with Gasteiger partial charge in [-0.3, -0.25) is 0 Å². The number of nitriles is 1. The second-order valence-electron chi connectivity index (χ2n) is 6.34. The van der Waals surface area contributed by atoms with E-state index in [9.17, 15) is 10.1 Å². The Morgan fingerprint density at radius 3 is 2.67 bits per heavy atom. The van der Waals surface area contributed by atoms with Crippen LogP contribution in [0.1, 0.15) is 50.7 Å². The maximum Gasteiger partial charge on any atom is 0.338 e. The molecule has 0 fully saturated rings. The molecule has 0 spiro atoms. The third-order valence-electron chi connectivity index (χ3n) is 4.39. The van der Waals surface area contributed by atoms with E-state index in [0.29, 0.717) is 17.9 Å². The van der Waals surface area contributed by atoms with Crippen molar-refractivity contribution < 1.29 is 19.0 Å². The number of ether oxygens (including phenoxy) is 3. The summed E-state index contributed by atoms with van der Waals surface area (Å²) >= 11 is 0. The van der Waals surface area contributed by atoms with Crippen molar-refractivity contribution in [2.75, 3.05) is 13.2 Å². The minimum absolute atomic E-state index is 0.00831. The van der Waals surface area contributed by atoms with E-state index in [1.54, 1.807) is 13.8 Å². The average molecular weight is 370 g/mol. The third kappa shape index (κ3) is 4.43. The van der Waals surface area contributed by atoms with Gasteiger partial charge in [-0.2, -0.15) is 5.26 Å². The van der Waals surface area contributed by atoms with Crippen LogP contribution in [0.4, 0.5) is 0 Å².